The average Bonchev–Trinajstić information content (AvgIpc) is 3.12. The zero-order valence-corrected chi connectivity index (χ0v) is 17.9. The Morgan fingerprint density at radius 1 is 1.07 bits per heavy atom. The number of aromatic nitrogens is 2. The molecule has 0 bridgehead atoms. The van der Waals surface area contributed by atoms with Crippen LogP contribution in [0, 0.1) is 5.92 Å². The van der Waals surface area contributed by atoms with E-state index in [4.69, 9.17) is 34.7 Å². The molecule has 4 rings (SSSR count). The summed E-state index contributed by atoms with van der Waals surface area (Å²) < 4.78 is 0. The quantitative estimate of drug-likeness (QED) is 0.625. The Balaban J connectivity index is 1.75. The molecule has 0 saturated carbocycles. The Morgan fingerprint density at radius 3 is 2.50 bits per heavy atom. The van der Waals surface area contributed by atoms with E-state index in [1.165, 1.54) is 5.56 Å². The number of hydrogen-bond acceptors (Lipinski definition) is 5. The Labute approximate surface area is 184 Å². The second-order valence-corrected chi connectivity index (χ2v) is 8.28. The molecule has 1 amide bonds. The molecule has 4 N–H and O–H groups in total. The fourth-order valence-corrected chi connectivity index (χ4v) is 4.41. The molecule has 1 aromatic heterocycles. The van der Waals surface area contributed by atoms with Gasteiger partial charge in [-0.2, -0.15) is 4.98 Å². The van der Waals surface area contributed by atoms with Crippen molar-refractivity contribution in [3.8, 4) is 11.1 Å². The Morgan fingerprint density at radius 2 is 1.80 bits per heavy atom. The first-order valence-corrected chi connectivity index (χ1v) is 10.3. The molecule has 2 atom stereocenters. The number of carbonyl (C=O) groups excluding carboxylic acids is 1. The summed E-state index contributed by atoms with van der Waals surface area (Å²) in [5.41, 5.74) is 14.0. The number of amides is 1. The van der Waals surface area contributed by atoms with Gasteiger partial charge in [0.25, 0.3) is 5.91 Å². The SMILES string of the molecule is C[C@@H]1CN(c2nc(N)c(-c3cccc(Cl)c3Cl)c(C(N)=O)n2)C[C@H]1c1ccccc1. The number of anilines is 2. The van der Waals surface area contributed by atoms with Crippen molar-refractivity contribution >= 4 is 40.9 Å². The molecule has 6 nitrogen and oxygen atoms in total. The number of nitrogen functional groups attached to an aromatic ring is 1. The van der Waals surface area contributed by atoms with Gasteiger partial charge < -0.3 is 16.4 Å². The maximum absolute atomic E-state index is 12.2. The fraction of sp³-hybridized carbons (Fsp3) is 0.227. The number of rotatable bonds is 4. The monoisotopic (exact) mass is 441 g/mol. The van der Waals surface area contributed by atoms with Crippen molar-refractivity contribution in [1.29, 1.82) is 0 Å². The third kappa shape index (κ3) is 3.68. The van der Waals surface area contributed by atoms with E-state index in [0.29, 0.717) is 33.9 Å². The summed E-state index contributed by atoms with van der Waals surface area (Å²) >= 11 is 12.5. The summed E-state index contributed by atoms with van der Waals surface area (Å²) in [5, 5.41) is 0.607. The van der Waals surface area contributed by atoms with E-state index >= 15 is 0 Å². The lowest BCUT2D eigenvalue weighted by Gasteiger charge is -2.19. The molecule has 0 spiro atoms. The molecule has 0 unspecified atom stereocenters. The fourth-order valence-electron chi connectivity index (χ4n) is 4.01. The highest BCUT2D eigenvalue weighted by atomic mass is 35.5. The van der Waals surface area contributed by atoms with Crippen molar-refractivity contribution in [1.82, 2.24) is 9.97 Å². The normalized spacial score (nSPS) is 18.6. The molecule has 1 saturated heterocycles. The van der Waals surface area contributed by atoms with Gasteiger partial charge in [-0.25, -0.2) is 4.98 Å². The number of hydrogen-bond donors (Lipinski definition) is 2. The van der Waals surface area contributed by atoms with E-state index in [2.05, 4.69) is 29.0 Å². The van der Waals surface area contributed by atoms with E-state index in [-0.39, 0.29) is 16.5 Å². The van der Waals surface area contributed by atoms with Gasteiger partial charge in [-0.15, -0.1) is 0 Å². The van der Waals surface area contributed by atoms with Gasteiger partial charge in [-0.3, -0.25) is 4.79 Å². The minimum absolute atomic E-state index is 0.0254. The summed E-state index contributed by atoms with van der Waals surface area (Å²) in [6, 6.07) is 15.4. The molecule has 30 heavy (non-hydrogen) atoms. The maximum Gasteiger partial charge on any atom is 0.268 e. The maximum atomic E-state index is 12.2. The van der Waals surface area contributed by atoms with Gasteiger partial charge in [0, 0.05) is 24.6 Å². The van der Waals surface area contributed by atoms with Crippen LogP contribution in [0.4, 0.5) is 11.8 Å². The zero-order valence-electron chi connectivity index (χ0n) is 16.3. The standard InChI is InChI=1S/C22H21Cl2N5O/c1-12-10-29(11-15(12)13-6-3-2-4-7-13)22-27-19(21(26)30)17(20(25)28-22)14-8-5-9-16(23)18(14)24/h2-9,12,15H,10-11H2,1H3,(H2,26,30)(H2,25,27,28)/t12-,15-/m1/s1. The van der Waals surface area contributed by atoms with Gasteiger partial charge in [-0.05, 0) is 17.5 Å². The molecule has 1 fully saturated rings. The number of nitrogens with zero attached hydrogens (tertiary/aromatic N) is 3. The lowest BCUT2D eigenvalue weighted by Crippen LogP contribution is -2.25. The summed E-state index contributed by atoms with van der Waals surface area (Å²) in [5.74, 6) is 0.525. The smallest absolute Gasteiger partial charge is 0.268 e. The van der Waals surface area contributed by atoms with Gasteiger partial charge in [0.05, 0.1) is 15.6 Å². The molecule has 3 aromatic rings. The third-order valence-corrected chi connectivity index (χ3v) is 6.32. The van der Waals surface area contributed by atoms with Crippen molar-refractivity contribution in [3.05, 3.63) is 69.8 Å². The molecular formula is C22H21Cl2N5O. The highest BCUT2D eigenvalue weighted by Crippen LogP contribution is 2.39. The van der Waals surface area contributed by atoms with Gasteiger partial charge in [0.15, 0.2) is 0 Å². The molecule has 2 aromatic carbocycles. The molecular weight excluding hydrogens is 421 g/mol. The molecule has 0 radical (unpaired) electrons. The predicted octanol–water partition coefficient (Wildman–Crippen LogP) is 4.37. The van der Waals surface area contributed by atoms with Crippen LogP contribution in [0.5, 0.6) is 0 Å². The molecule has 2 heterocycles. The van der Waals surface area contributed by atoms with E-state index in [9.17, 15) is 4.79 Å². The first kappa shape index (κ1) is 20.4. The number of primary amides is 1. The summed E-state index contributed by atoms with van der Waals surface area (Å²) in [6.45, 7) is 3.66. The summed E-state index contributed by atoms with van der Waals surface area (Å²) in [6.07, 6.45) is 0. The highest BCUT2D eigenvalue weighted by molar-refractivity contribution is 6.44. The van der Waals surface area contributed by atoms with Crippen LogP contribution in [0.1, 0.15) is 28.9 Å². The topological polar surface area (TPSA) is 98.1 Å². The second kappa shape index (κ2) is 8.13. The van der Waals surface area contributed by atoms with Crippen molar-refractivity contribution in [3.63, 3.8) is 0 Å². The second-order valence-electron chi connectivity index (χ2n) is 7.50. The van der Waals surface area contributed by atoms with Crippen molar-refractivity contribution in [2.24, 2.45) is 11.7 Å². The van der Waals surface area contributed by atoms with E-state index < -0.39 is 5.91 Å². The summed E-state index contributed by atoms with van der Waals surface area (Å²) in [4.78, 5) is 23.3. The lowest BCUT2D eigenvalue weighted by atomic mass is 9.90. The zero-order chi connectivity index (χ0) is 21.4. The molecule has 8 heteroatoms. The molecule has 154 valence electrons. The van der Waals surface area contributed by atoms with E-state index in [1.807, 2.05) is 23.1 Å². The molecule has 1 aliphatic rings. The lowest BCUT2D eigenvalue weighted by molar-refractivity contribution is 0.0996. The van der Waals surface area contributed by atoms with Crippen LogP contribution >= 0.6 is 23.2 Å². The van der Waals surface area contributed by atoms with Crippen molar-refractivity contribution in [2.75, 3.05) is 23.7 Å². The Kier molecular flexibility index (Phi) is 5.54. The van der Waals surface area contributed by atoms with Crippen LogP contribution in [-0.2, 0) is 0 Å². The van der Waals surface area contributed by atoms with Gasteiger partial charge >= 0.3 is 0 Å². The van der Waals surface area contributed by atoms with Gasteiger partial charge in [0.1, 0.15) is 11.5 Å². The Hall–Kier alpha value is -2.83. The molecule has 1 aliphatic heterocycles. The van der Waals surface area contributed by atoms with Gasteiger partial charge in [0.2, 0.25) is 5.95 Å². The number of halogens is 2. The van der Waals surface area contributed by atoms with E-state index in [1.54, 1.807) is 18.2 Å². The van der Waals surface area contributed by atoms with Gasteiger partial charge in [-0.1, -0.05) is 72.6 Å². The number of carbonyl (C=O) groups is 1. The van der Waals surface area contributed by atoms with Crippen LogP contribution < -0.4 is 16.4 Å². The van der Waals surface area contributed by atoms with Crippen LogP contribution in [0.15, 0.2) is 48.5 Å². The van der Waals surface area contributed by atoms with E-state index in [0.717, 1.165) is 13.1 Å². The minimum Gasteiger partial charge on any atom is -0.383 e. The first-order valence-electron chi connectivity index (χ1n) is 9.58. The number of benzene rings is 2. The largest absolute Gasteiger partial charge is 0.383 e. The van der Waals surface area contributed by atoms with Crippen molar-refractivity contribution < 1.29 is 4.79 Å². The number of nitrogens with two attached hydrogens (primary N) is 2. The minimum atomic E-state index is -0.705. The van der Waals surface area contributed by atoms with Crippen LogP contribution in [-0.4, -0.2) is 29.0 Å². The molecule has 0 aliphatic carbocycles. The third-order valence-electron chi connectivity index (χ3n) is 5.50. The van der Waals surface area contributed by atoms with Crippen LogP contribution in [0.3, 0.4) is 0 Å². The predicted molar refractivity (Wildman–Crippen MR) is 121 cm³/mol. The first-order chi connectivity index (χ1) is 14.4. The van der Waals surface area contributed by atoms with Crippen LogP contribution in [0.25, 0.3) is 11.1 Å². The summed E-state index contributed by atoms with van der Waals surface area (Å²) in [7, 11) is 0. The Bertz CT molecular complexity index is 1110. The average molecular weight is 442 g/mol. The highest BCUT2D eigenvalue weighted by Gasteiger charge is 2.33. The van der Waals surface area contributed by atoms with Crippen LogP contribution in [0.2, 0.25) is 10.0 Å². The van der Waals surface area contributed by atoms with Crippen molar-refractivity contribution in [2.45, 2.75) is 12.8 Å².